The van der Waals surface area contributed by atoms with Gasteiger partial charge in [-0.1, -0.05) is 30.3 Å². The van der Waals surface area contributed by atoms with E-state index in [4.69, 9.17) is 5.73 Å². The molecule has 2 atom stereocenters. The van der Waals surface area contributed by atoms with Gasteiger partial charge in [-0.25, -0.2) is 4.79 Å². The SMILES string of the molecule is Cl.NC(Cc1ccccc1)C(=O)NCC1CCC(C(=O)N2CCCC2C(=O)O)CC1. The highest BCUT2D eigenvalue weighted by molar-refractivity contribution is 5.86. The zero-order chi connectivity index (χ0) is 20.8. The molecule has 8 heteroatoms. The number of benzene rings is 1. The van der Waals surface area contributed by atoms with Crippen molar-refractivity contribution in [3.63, 3.8) is 0 Å². The van der Waals surface area contributed by atoms with Crippen LogP contribution >= 0.6 is 12.4 Å². The molecule has 0 radical (unpaired) electrons. The molecular formula is C22H32ClN3O4. The van der Waals surface area contributed by atoms with Crippen molar-refractivity contribution in [2.75, 3.05) is 13.1 Å². The van der Waals surface area contributed by atoms with Gasteiger partial charge in [0.15, 0.2) is 0 Å². The molecule has 2 fully saturated rings. The minimum Gasteiger partial charge on any atom is -0.480 e. The number of halogens is 1. The van der Waals surface area contributed by atoms with Gasteiger partial charge in [0.1, 0.15) is 6.04 Å². The van der Waals surface area contributed by atoms with Crippen molar-refractivity contribution in [1.82, 2.24) is 10.2 Å². The number of carbonyl (C=O) groups is 3. The van der Waals surface area contributed by atoms with E-state index in [1.54, 1.807) is 4.90 Å². The Balaban J connectivity index is 0.00000320. The van der Waals surface area contributed by atoms with Gasteiger partial charge in [0, 0.05) is 19.0 Å². The maximum absolute atomic E-state index is 12.7. The molecule has 0 bridgehead atoms. The highest BCUT2D eigenvalue weighted by atomic mass is 35.5. The molecule has 0 spiro atoms. The number of rotatable bonds is 7. The van der Waals surface area contributed by atoms with Crippen molar-refractivity contribution < 1.29 is 19.5 Å². The van der Waals surface area contributed by atoms with Gasteiger partial charge in [0.2, 0.25) is 11.8 Å². The molecule has 0 aromatic heterocycles. The molecule has 166 valence electrons. The molecule has 1 saturated heterocycles. The van der Waals surface area contributed by atoms with Gasteiger partial charge in [-0.05, 0) is 56.4 Å². The van der Waals surface area contributed by atoms with Crippen LogP contribution in [0.4, 0.5) is 0 Å². The predicted octanol–water partition coefficient (Wildman–Crippen LogP) is 1.98. The first kappa shape index (κ1) is 24.2. The maximum Gasteiger partial charge on any atom is 0.326 e. The van der Waals surface area contributed by atoms with Crippen LogP contribution in [0.3, 0.4) is 0 Å². The summed E-state index contributed by atoms with van der Waals surface area (Å²) in [5, 5.41) is 12.2. The van der Waals surface area contributed by atoms with Gasteiger partial charge in [-0.3, -0.25) is 9.59 Å². The summed E-state index contributed by atoms with van der Waals surface area (Å²) in [4.78, 5) is 37.9. The second kappa shape index (κ2) is 11.3. The monoisotopic (exact) mass is 437 g/mol. The zero-order valence-corrected chi connectivity index (χ0v) is 18.0. The molecule has 2 aliphatic rings. The lowest BCUT2D eigenvalue weighted by atomic mass is 9.81. The Morgan fingerprint density at radius 3 is 2.40 bits per heavy atom. The van der Waals surface area contributed by atoms with E-state index in [1.807, 2.05) is 30.3 Å². The number of likely N-dealkylation sites (tertiary alicyclic amines) is 1. The molecule has 2 amide bonds. The fourth-order valence-electron chi connectivity index (χ4n) is 4.47. The Morgan fingerprint density at radius 2 is 1.77 bits per heavy atom. The summed E-state index contributed by atoms with van der Waals surface area (Å²) < 4.78 is 0. The highest BCUT2D eigenvalue weighted by Gasteiger charge is 2.38. The van der Waals surface area contributed by atoms with Gasteiger partial charge in [0.25, 0.3) is 0 Å². The number of nitrogens with two attached hydrogens (primary N) is 1. The molecule has 4 N–H and O–H groups in total. The van der Waals surface area contributed by atoms with Crippen molar-refractivity contribution >= 4 is 30.2 Å². The topological polar surface area (TPSA) is 113 Å². The third-order valence-electron chi connectivity index (χ3n) is 6.22. The lowest BCUT2D eigenvalue weighted by Crippen LogP contribution is -2.45. The molecule has 1 aromatic carbocycles. The number of nitrogens with zero attached hydrogens (tertiary/aromatic N) is 1. The molecule has 1 heterocycles. The van der Waals surface area contributed by atoms with Crippen molar-refractivity contribution in [3.8, 4) is 0 Å². The van der Waals surface area contributed by atoms with E-state index in [0.29, 0.717) is 31.8 Å². The highest BCUT2D eigenvalue weighted by Crippen LogP contribution is 2.31. The zero-order valence-electron chi connectivity index (χ0n) is 17.2. The van der Waals surface area contributed by atoms with Gasteiger partial charge in [-0.15, -0.1) is 12.4 Å². The number of hydrogen-bond donors (Lipinski definition) is 3. The van der Waals surface area contributed by atoms with E-state index in [9.17, 15) is 19.5 Å². The molecule has 1 saturated carbocycles. The third-order valence-corrected chi connectivity index (χ3v) is 6.22. The van der Waals surface area contributed by atoms with Gasteiger partial charge in [-0.2, -0.15) is 0 Å². The summed E-state index contributed by atoms with van der Waals surface area (Å²) in [6.07, 6.45) is 5.02. The van der Waals surface area contributed by atoms with E-state index in [0.717, 1.165) is 37.7 Å². The van der Waals surface area contributed by atoms with Crippen molar-refractivity contribution in [1.29, 1.82) is 0 Å². The molecule has 1 aliphatic heterocycles. The van der Waals surface area contributed by atoms with Crippen LogP contribution in [0.25, 0.3) is 0 Å². The first-order valence-electron chi connectivity index (χ1n) is 10.6. The Hall–Kier alpha value is -2.12. The number of hydrogen-bond acceptors (Lipinski definition) is 4. The van der Waals surface area contributed by atoms with Crippen LogP contribution in [0.2, 0.25) is 0 Å². The molecule has 3 rings (SSSR count). The molecule has 1 aliphatic carbocycles. The Kier molecular flexibility index (Phi) is 9.11. The minimum absolute atomic E-state index is 0. The van der Waals surface area contributed by atoms with Gasteiger partial charge in [0.05, 0.1) is 6.04 Å². The van der Waals surface area contributed by atoms with E-state index >= 15 is 0 Å². The number of amides is 2. The van der Waals surface area contributed by atoms with Gasteiger partial charge < -0.3 is 21.1 Å². The Labute approximate surface area is 183 Å². The van der Waals surface area contributed by atoms with Crippen LogP contribution in [-0.4, -0.2) is 53.0 Å². The molecule has 7 nitrogen and oxygen atoms in total. The number of aliphatic carboxylic acids is 1. The average molecular weight is 438 g/mol. The van der Waals surface area contributed by atoms with Crippen molar-refractivity contribution in [2.24, 2.45) is 17.6 Å². The summed E-state index contributed by atoms with van der Waals surface area (Å²) in [5.74, 6) is -0.821. The average Bonchev–Trinajstić information content (AvgIpc) is 3.23. The van der Waals surface area contributed by atoms with E-state index in [-0.39, 0.29) is 30.1 Å². The van der Waals surface area contributed by atoms with Crippen molar-refractivity contribution in [2.45, 2.75) is 57.0 Å². The summed E-state index contributed by atoms with van der Waals surface area (Å²) in [6.45, 7) is 1.12. The summed E-state index contributed by atoms with van der Waals surface area (Å²) in [6, 6.07) is 8.48. The van der Waals surface area contributed by atoms with Crippen LogP contribution in [0.5, 0.6) is 0 Å². The van der Waals surface area contributed by atoms with Crippen molar-refractivity contribution in [3.05, 3.63) is 35.9 Å². The second-order valence-electron chi connectivity index (χ2n) is 8.29. The largest absolute Gasteiger partial charge is 0.480 e. The molecular weight excluding hydrogens is 406 g/mol. The lowest BCUT2D eigenvalue weighted by Gasteiger charge is -2.32. The van der Waals surface area contributed by atoms with Gasteiger partial charge >= 0.3 is 5.97 Å². The Bertz CT molecular complexity index is 722. The van der Waals surface area contributed by atoms with Crippen LogP contribution in [0, 0.1) is 11.8 Å². The summed E-state index contributed by atoms with van der Waals surface area (Å²) in [7, 11) is 0. The predicted molar refractivity (Wildman–Crippen MR) is 116 cm³/mol. The molecule has 2 unspecified atom stereocenters. The Morgan fingerprint density at radius 1 is 1.10 bits per heavy atom. The second-order valence-corrected chi connectivity index (χ2v) is 8.29. The number of carboxylic acids is 1. The fourth-order valence-corrected chi connectivity index (χ4v) is 4.47. The quantitative estimate of drug-likeness (QED) is 0.603. The normalized spacial score (nSPS) is 24.6. The number of carbonyl (C=O) groups excluding carboxylic acids is 2. The van der Waals surface area contributed by atoms with Crippen LogP contribution in [0.1, 0.15) is 44.1 Å². The van der Waals surface area contributed by atoms with Crippen LogP contribution < -0.4 is 11.1 Å². The van der Waals surface area contributed by atoms with Crippen LogP contribution in [-0.2, 0) is 20.8 Å². The smallest absolute Gasteiger partial charge is 0.326 e. The van der Waals surface area contributed by atoms with E-state index < -0.39 is 18.1 Å². The maximum atomic E-state index is 12.7. The van der Waals surface area contributed by atoms with E-state index in [1.165, 1.54) is 0 Å². The number of nitrogens with one attached hydrogen (secondary N) is 1. The van der Waals surface area contributed by atoms with Crippen LogP contribution in [0.15, 0.2) is 30.3 Å². The third kappa shape index (κ3) is 6.19. The number of carboxylic acid groups (broad SMARTS) is 1. The first-order chi connectivity index (χ1) is 14.0. The molecule has 1 aromatic rings. The summed E-state index contributed by atoms with van der Waals surface area (Å²) in [5.41, 5.74) is 7.06. The van der Waals surface area contributed by atoms with E-state index in [2.05, 4.69) is 5.32 Å². The first-order valence-corrected chi connectivity index (χ1v) is 10.6. The minimum atomic E-state index is -0.904. The molecule has 30 heavy (non-hydrogen) atoms. The standard InChI is InChI=1S/C22H31N3O4.ClH/c23-18(13-15-5-2-1-3-6-15)20(26)24-14-16-8-10-17(11-9-16)21(27)25-12-4-7-19(25)22(28)29;/h1-3,5-6,16-19H,4,7-14,23H2,(H,24,26)(H,28,29);1H. The lowest BCUT2D eigenvalue weighted by molar-refractivity contribution is -0.150. The summed E-state index contributed by atoms with van der Waals surface area (Å²) >= 11 is 0. The fraction of sp³-hybridized carbons (Fsp3) is 0.591.